The third kappa shape index (κ3) is 2.57. The zero-order valence-corrected chi connectivity index (χ0v) is 16.8. The number of ether oxygens (including phenoxy) is 1. The van der Waals surface area contributed by atoms with Gasteiger partial charge in [0.2, 0.25) is 5.78 Å². The summed E-state index contributed by atoms with van der Waals surface area (Å²) in [5, 5.41) is 0.447. The fourth-order valence-corrected chi connectivity index (χ4v) is 3.87. The SMILES string of the molecule is COc1ccc(-n2c(-c3ccccc3)cn3c4c(=O)[nH]c(=O)n(C)c4nc23)cc1Cl. The van der Waals surface area contributed by atoms with Crippen molar-refractivity contribution in [3.05, 3.63) is 80.6 Å². The molecule has 8 nitrogen and oxygen atoms in total. The van der Waals surface area contributed by atoms with Crippen LogP contribution in [0.1, 0.15) is 0 Å². The number of methoxy groups -OCH3 is 1. The van der Waals surface area contributed by atoms with Gasteiger partial charge in [-0.25, -0.2) is 4.79 Å². The Kier molecular flexibility index (Phi) is 4.04. The molecule has 0 aliphatic rings. The molecule has 9 heteroatoms. The maximum atomic E-state index is 12.6. The first-order valence-corrected chi connectivity index (χ1v) is 9.49. The van der Waals surface area contributed by atoms with Gasteiger partial charge in [-0.3, -0.25) is 23.3 Å². The highest BCUT2D eigenvalue weighted by Gasteiger charge is 2.21. The smallest absolute Gasteiger partial charge is 0.329 e. The van der Waals surface area contributed by atoms with E-state index in [0.29, 0.717) is 27.7 Å². The topological polar surface area (TPSA) is 86.3 Å². The third-order valence-corrected chi connectivity index (χ3v) is 5.38. The number of aromatic nitrogens is 5. The molecule has 0 aliphatic carbocycles. The summed E-state index contributed by atoms with van der Waals surface area (Å²) >= 11 is 6.38. The number of H-pyrrole nitrogens is 1. The summed E-state index contributed by atoms with van der Waals surface area (Å²) in [5.41, 5.74) is 2.07. The van der Waals surface area contributed by atoms with E-state index < -0.39 is 11.2 Å². The van der Waals surface area contributed by atoms with Crippen LogP contribution in [-0.2, 0) is 7.05 Å². The molecule has 0 aliphatic heterocycles. The highest BCUT2D eigenvalue weighted by atomic mass is 35.5. The van der Waals surface area contributed by atoms with Gasteiger partial charge in [0, 0.05) is 18.8 Å². The second kappa shape index (κ2) is 6.64. The quantitative estimate of drug-likeness (QED) is 0.485. The van der Waals surface area contributed by atoms with Crippen LogP contribution in [0, 0.1) is 0 Å². The van der Waals surface area contributed by atoms with Gasteiger partial charge in [0.1, 0.15) is 5.75 Å². The van der Waals surface area contributed by atoms with Crippen molar-refractivity contribution in [2.24, 2.45) is 7.05 Å². The fourth-order valence-electron chi connectivity index (χ4n) is 3.62. The van der Waals surface area contributed by atoms with Gasteiger partial charge < -0.3 is 4.74 Å². The molecule has 0 atom stereocenters. The molecule has 0 saturated heterocycles. The Morgan fingerprint density at radius 1 is 1.10 bits per heavy atom. The van der Waals surface area contributed by atoms with Crippen molar-refractivity contribution in [3.8, 4) is 22.7 Å². The number of nitrogens with one attached hydrogen (secondary N) is 1. The van der Waals surface area contributed by atoms with Crippen LogP contribution < -0.4 is 16.0 Å². The first-order chi connectivity index (χ1) is 14.5. The van der Waals surface area contributed by atoms with E-state index >= 15 is 0 Å². The van der Waals surface area contributed by atoms with Crippen molar-refractivity contribution in [2.45, 2.75) is 0 Å². The molecule has 3 aromatic heterocycles. The lowest BCUT2D eigenvalue weighted by atomic mass is 10.1. The minimum atomic E-state index is -0.518. The molecule has 0 bridgehead atoms. The Balaban J connectivity index is 1.93. The average molecular weight is 422 g/mol. The summed E-state index contributed by atoms with van der Waals surface area (Å²) in [4.78, 5) is 31.6. The van der Waals surface area contributed by atoms with E-state index in [1.165, 1.54) is 4.57 Å². The molecule has 0 radical (unpaired) electrons. The Bertz CT molecular complexity index is 1540. The Morgan fingerprint density at radius 2 is 1.87 bits per heavy atom. The second-order valence-electron chi connectivity index (χ2n) is 6.81. The Morgan fingerprint density at radius 3 is 2.57 bits per heavy atom. The standard InChI is InChI=1S/C21H16ClN5O3/c1-25-18-17(19(28)24-21(25)29)26-11-15(12-6-4-3-5-7-12)27(20(26)23-18)13-8-9-16(30-2)14(22)10-13/h3-11H,1-2H3,(H,24,28,29). The summed E-state index contributed by atoms with van der Waals surface area (Å²) in [5.74, 6) is 1.04. The van der Waals surface area contributed by atoms with Gasteiger partial charge in [-0.2, -0.15) is 4.98 Å². The molecule has 1 N–H and O–H groups in total. The van der Waals surface area contributed by atoms with Gasteiger partial charge in [-0.05, 0) is 18.2 Å². The van der Waals surface area contributed by atoms with Crippen molar-refractivity contribution in [1.29, 1.82) is 0 Å². The molecule has 3 heterocycles. The van der Waals surface area contributed by atoms with Gasteiger partial charge in [0.15, 0.2) is 11.2 Å². The van der Waals surface area contributed by atoms with E-state index in [2.05, 4.69) is 9.97 Å². The molecule has 0 spiro atoms. The maximum absolute atomic E-state index is 12.6. The molecule has 0 unspecified atom stereocenters. The number of halogens is 1. The van der Waals surface area contributed by atoms with Crippen molar-refractivity contribution in [1.82, 2.24) is 23.5 Å². The lowest BCUT2D eigenvalue weighted by molar-refractivity contribution is 0.415. The van der Waals surface area contributed by atoms with E-state index in [-0.39, 0.29) is 0 Å². The summed E-state index contributed by atoms with van der Waals surface area (Å²) in [6.07, 6.45) is 1.83. The van der Waals surface area contributed by atoms with Gasteiger partial charge in [0.25, 0.3) is 5.56 Å². The minimum Gasteiger partial charge on any atom is -0.495 e. The van der Waals surface area contributed by atoms with Gasteiger partial charge in [0.05, 0.1) is 23.5 Å². The molecule has 0 amide bonds. The van der Waals surface area contributed by atoms with E-state index in [9.17, 15) is 9.59 Å². The van der Waals surface area contributed by atoms with Crippen molar-refractivity contribution >= 4 is 28.5 Å². The molecular weight excluding hydrogens is 406 g/mol. The maximum Gasteiger partial charge on any atom is 0.329 e. The molecule has 0 fully saturated rings. The predicted octanol–water partition coefficient (Wildman–Crippen LogP) is 2.99. The normalized spacial score (nSPS) is 11.4. The van der Waals surface area contributed by atoms with Crippen LogP contribution in [0.2, 0.25) is 5.02 Å². The number of nitrogens with zero attached hydrogens (tertiary/aromatic N) is 4. The number of rotatable bonds is 3. The first kappa shape index (κ1) is 18.3. The largest absolute Gasteiger partial charge is 0.495 e. The third-order valence-electron chi connectivity index (χ3n) is 5.09. The molecule has 5 rings (SSSR count). The highest BCUT2D eigenvalue weighted by molar-refractivity contribution is 6.32. The number of hydrogen-bond donors (Lipinski definition) is 1. The van der Waals surface area contributed by atoms with E-state index in [0.717, 1.165) is 16.9 Å². The summed E-state index contributed by atoms with van der Waals surface area (Å²) < 4.78 is 10.2. The Labute approximate surface area is 174 Å². The molecular formula is C21H16ClN5O3. The number of aryl methyl sites for hydroxylation is 1. The fraction of sp³-hybridized carbons (Fsp3) is 0.0952. The molecule has 150 valence electrons. The van der Waals surface area contributed by atoms with Crippen molar-refractivity contribution in [2.75, 3.05) is 7.11 Å². The van der Waals surface area contributed by atoms with Gasteiger partial charge >= 0.3 is 5.69 Å². The summed E-state index contributed by atoms with van der Waals surface area (Å²) in [6, 6.07) is 15.2. The van der Waals surface area contributed by atoms with Gasteiger partial charge in [-0.1, -0.05) is 41.9 Å². The number of benzene rings is 2. The highest BCUT2D eigenvalue weighted by Crippen LogP contribution is 2.32. The van der Waals surface area contributed by atoms with Crippen LogP contribution in [0.25, 0.3) is 33.9 Å². The van der Waals surface area contributed by atoms with E-state index in [4.69, 9.17) is 16.3 Å². The molecule has 5 aromatic rings. The number of hydrogen-bond acceptors (Lipinski definition) is 4. The lowest BCUT2D eigenvalue weighted by Crippen LogP contribution is -2.28. The monoisotopic (exact) mass is 421 g/mol. The second-order valence-corrected chi connectivity index (χ2v) is 7.21. The molecule has 30 heavy (non-hydrogen) atoms. The number of fused-ring (bicyclic) bond motifs is 3. The molecule has 2 aromatic carbocycles. The predicted molar refractivity (Wildman–Crippen MR) is 115 cm³/mol. The van der Waals surface area contributed by atoms with Crippen LogP contribution >= 0.6 is 11.6 Å². The Hall–Kier alpha value is -3.78. The van der Waals surface area contributed by atoms with Crippen molar-refractivity contribution in [3.63, 3.8) is 0 Å². The summed E-state index contributed by atoms with van der Waals surface area (Å²) in [7, 11) is 3.12. The van der Waals surface area contributed by atoms with Crippen LogP contribution in [0.5, 0.6) is 5.75 Å². The van der Waals surface area contributed by atoms with Crippen LogP contribution in [0.15, 0.2) is 64.3 Å². The number of imidazole rings is 2. The lowest BCUT2D eigenvalue weighted by Gasteiger charge is -2.11. The average Bonchev–Trinajstić information content (AvgIpc) is 3.29. The zero-order valence-electron chi connectivity index (χ0n) is 16.1. The van der Waals surface area contributed by atoms with Crippen molar-refractivity contribution < 1.29 is 4.74 Å². The van der Waals surface area contributed by atoms with Crippen LogP contribution in [0.3, 0.4) is 0 Å². The summed E-state index contributed by atoms with van der Waals surface area (Å²) in [6.45, 7) is 0. The van der Waals surface area contributed by atoms with Crippen LogP contribution in [-0.4, -0.2) is 30.6 Å². The van der Waals surface area contributed by atoms with E-state index in [1.807, 2.05) is 47.2 Å². The van der Waals surface area contributed by atoms with Crippen LogP contribution in [0.4, 0.5) is 0 Å². The first-order valence-electron chi connectivity index (χ1n) is 9.11. The molecule has 0 saturated carbocycles. The zero-order chi connectivity index (χ0) is 21.0. The minimum absolute atomic E-state index is 0.294. The van der Waals surface area contributed by atoms with Gasteiger partial charge in [-0.15, -0.1) is 0 Å². The van der Waals surface area contributed by atoms with E-state index in [1.54, 1.807) is 30.7 Å². The number of aromatic amines is 1.